The Hall–Kier alpha value is -3.08. The minimum atomic E-state index is -0.0797. The zero-order valence-electron chi connectivity index (χ0n) is 13.5. The molecule has 0 aliphatic carbocycles. The molecule has 3 rings (SSSR count). The van der Waals surface area contributed by atoms with Crippen LogP contribution < -0.4 is 10.1 Å². The number of para-hydroxylation sites is 1. The van der Waals surface area contributed by atoms with Gasteiger partial charge in [-0.15, -0.1) is 0 Å². The first-order valence-electron chi connectivity index (χ1n) is 7.80. The normalized spacial score (nSPS) is 10.4. The summed E-state index contributed by atoms with van der Waals surface area (Å²) in [5.41, 5.74) is 2.66. The lowest BCUT2D eigenvalue weighted by atomic mass is 10.1. The highest BCUT2D eigenvalue weighted by Crippen LogP contribution is 2.21. The van der Waals surface area contributed by atoms with Crippen LogP contribution in [0, 0.1) is 6.92 Å². The summed E-state index contributed by atoms with van der Waals surface area (Å²) in [6.45, 7) is 2.25. The molecule has 1 heterocycles. The van der Waals surface area contributed by atoms with Crippen LogP contribution in [0.5, 0.6) is 5.75 Å². The smallest absolute Gasteiger partial charge is 0.227 e. The van der Waals surface area contributed by atoms with Gasteiger partial charge in [-0.2, -0.15) is 0 Å². The summed E-state index contributed by atoms with van der Waals surface area (Å²) in [4.78, 5) is 19.4. The number of nitrogens with zero attached hydrogens (tertiary/aromatic N) is 1. The van der Waals surface area contributed by atoms with Crippen LogP contribution in [-0.4, -0.2) is 22.5 Å². The van der Waals surface area contributed by atoms with E-state index in [4.69, 9.17) is 4.74 Å². The number of rotatable bonds is 6. The number of nitrogens with one attached hydrogen (secondary N) is 2. The fourth-order valence-corrected chi connectivity index (χ4v) is 2.33. The molecule has 0 atom stereocenters. The zero-order chi connectivity index (χ0) is 16.8. The number of hydrogen-bond acceptors (Lipinski definition) is 3. The van der Waals surface area contributed by atoms with Crippen molar-refractivity contribution >= 4 is 11.6 Å². The number of benzene rings is 2. The van der Waals surface area contributed by atoms with Gasteiger partial charge in [-0.3, -0.25) is 4.79 Å². The minimum absolute atomic E-state index is 0.0797. The van der Waals surface area contributed by atoms with Crippen LogP contribution in [0.4, 0.5) is 5.69 Å². The van der Waals surface area contributed by atoms with Crippen LogP contribution in [0.3, 0.4) is 0 Å². The van der Waals surface area contributed by atoms with Crippen molar-refractivity contribution in [1.29, 1.82) is 0 Å². The molecule has 0 spiro atoms. The summed E-state index contributed by atoms with van der Waals surface area (Å²) in [7, 11) is 0. The van der Waals surface area contributed by atoms with Crippen molar-refractivity contribution in [3.05, 3.63) is 66.6 Å². The van der Waals surface area contributed by atoms with Gasteiger partial charge < -0.3 is 15.0 Å². The number of aryl methyl sites for hydroxylation is 1. The van der Waals surface area contributed by atoms with Crippen molar-refractivity contribution in [2.75, 3.05) is 11.9 Å². The molecular weight excluding hydrogens is 302 g/mol. The maximum atomic E-state index is 12.0. The lowest BCUT2D eigenvalue weighted by Crippen LogP contribution is -2.15. The fourth-order valence-electron chi connectivity index (χ4n) is 2.33. The van der Waals surface area contributed by atoms with Crippen LogP contribution in [0.25, 0.3) is 11.3 Å². The van der Waals surface area contributed by atoms with Crippen LogP contribution in [0.1, 0.15) is 12.2 Å². The molecule has 0 saturated heterocycles. The first-order valence-corrected chi connectivity index (χ1v) is 7.80. The van der Waals surface area contributed by atoms with Crippen molar-refractivity contribution in [1.82, 2.24) is 9.97 Å². The predicted molar refractivity (Wildman–Crippen MR) is 93.9 cm³/mol. The van der Waals surface area contributed by atoms with Crippen molar-refractivity contribution in [3.63, 3.8) is 0 Å². The Morgan fingerprint density at radius 2 is 2.00 bits per heavy atom. The molecule has 0 aliphatic rings. The largest absolute Gasteiger partial charge is 0.493 e. The second-order valence-corrected chi connectivity index (χ2v) is 5.42. The number of amides is 1. The lowest BCUT2D eigenvalue weighted by molar-refractivity contribution is -0.116. The Morgan fingerprint density at radius 3 is 2.75 bits per heavy atom. The Morgan fingerprint density at radius 1 is 1.17 bits per heavy atom. The molecule has 1 aromatic heterocycles. The number of hydrogen-bond donors (Lipinski definition) is 2. The molecule has 5 nitrogen and oxygen atoms in total. The molecule has 24 heavy (non-hydrogen) atoms. The van der Waals surface area contributed by atoms with Crippen LogP contribution in [0.2, 0.25) is 0 Å². The molecule has 0 saturated carbocycles. The topological polar surface area (TPSA) is 67.0 Å². The van der Waals surface area contributed by atoms with E-state index in [0.717, 1.165) is 28.5 Å². The van der Waals surface area contributed by atoms with E-state index in [-0.39, 0.29) is 5.91 Å². The van der Waals surface area contributed by atoms with E-state index in [1.165, 1.54) is 0 Å². The number of H-pyrrole nitrogens is 1. The SMILES string of the molecule is Cc1ncc(-c2cccc(NC(=O)CCOc3ccccc3)c2)[nH]1. The number of carbonyl (C=O) groups excluding carboxylic acids is 1. The average Bonchev–Trinajstić information content (AvgIpc) is 3.03. The molecular formula is C19H19N3O2. The molecule has 5 heteroatoms. The second kappa shape index (κ2) is 7.46. The minimum Gasteiger partial charge on any atom is -0.493 e. The highest BCUT2D eigenvalue weighted by Gasteiger charge is 2.06. The van der Waals surface area contributed by atoms with Crippen LogP contribution in [0.15, 0.2) is 60.8 Å². The van der Waals surface area contributed by atoms with Crippen molar-refractivity contribution in [2.45, 2.75) is 13.3 Å². The summed E-state index contributed by atoms with van der Waals surface area (Å²) in [5, 5.41) is 2.89. The van der Waals surface area contributed by atoms with Gasteiger partial charge >= 0.3 is 0 Å². The molecule has 0 unspecified atom stereocenters. The van der Waals surface area contributed by atoms with Crippen LogP contribution >= 0.6 is 0 Å². The standard InChI is InChI=1S/C19H19N3O2/c1-14-20-13-18(21-14)15-6-5-7-16(12-15)22-19(23)10-11-24-17-8-3-2-4-9-17/h2-9,12-13H,10-11H2,1H3,(H,20,21)(H,22,23). The van der Waals surface area contributed by atoms with Gasteiger partial charge in [0.2, 0.25) is 5.91 Å². The van der Waals surface area contributed by atoms with Gasteiger partial charge in [-0.05, 0) is 31.2 Å². The molecule has 2 N–H and O–H groups in total. The Bertz CT molecular complexity index is 812. The Labute approximate surface area is 140 Å². The van der Waals surface area contributed by atoms with Crippen molar-refractivity contribution in [2.24, 2.45) is 0 Å². The highest BCUT2D eigenvalue weighted by molar-refractivity contribution is 5.91. The van der Waals surface area contributed by atoms with Crippen molar-refractivity contribution in [3.8, 4) is 17.0 Å². The fraction of sp³-hybridized carbons (Fsp3) is 0.158. The number of ether oxygens (including phenoxy) is 1. The Kier molecular flexibility index (Phi) is 4.91. The molecule has 1 amide bonds. The summed E-state index contributed by atoms with van der Waals surface area (Å²) in [5.74, 6) is 1.54. The van der Waals surface area contributed by atoms with E-state index >= 15 is 0 Å². The number of aromatic nitrogens is 2. The molecule has 0 fully saturated rings. The molecule has 0 aliphatic heterocycles. The van der Waals surface area contributed by atoms with Crippen LogP contribution in [-0.2, 0) is 4.79 Å². The van der Waals surface area contributed by atoms with Gasteiger partial charge in [0, 0.05) is 11.3 Å². The van der Waals surface area contributed by atoms with Gasteiger partial charge in [0.15, 0.2) is 0 Å². The van der Waals surface area contributed by atoms with E-state index < -0.39 is 0 Å². The Balaban J connectivity index is 1.54. The van der Waals surface area contributed by atoms with Gasteiger partial charge in [-0.1, -0.05) is 30.3 Å². The summed E-state index contributed by atoms with van der Waals surface area (Å²) >= 11 is 0. The van der Waals surface area contributed by atoms with Gasteiger partial charge in [0.25, 0.3) is 0 Å². The third-order valence-corrected chi connectivity index (χ3v) is 3.50. The first-order chi connectivity index (χ1) is 11.7. The number of carbonyl (C=O) groups is 1. The molecule has 2 aromatic carbocycles. The van der Waals surface area contributed by atoms with Crippen molar-refractivity contribution < 1.29 is 9.53 Å². The number of imidazole rings is 1. The van der Waals surface area contributed by atoms with E-state index in [0.29, 0.717) is 13.0 Å². The van der Waals surface area contributed by atoms with Gasteiger partial charge in [-0.25, -0.2) is 4.98 Å². The summed E-state index contributed by atoms with van der Waals surface area (Å²) in [6.07, 6.45) is 2.08. The second-order valence-electron chi connectivity index (χ2n) is 5.42. The zero-order valence-corrected chi connectivity index (χ0v) is 13.5. The molecule has 122 valence electrons. The number of aromatic amines is 1. The maximum absolute atomic E-state index is 12.0. The summed E-state index contributed by atoms with van der Waals surface area (Å²) in [6, 6.07) is 17.1. The lowest BCUT2D eigenvalue weighted by Gasteiger charge is -2.08. The van der Waals surface area contributed by atoms with Gasteiger partial charge in [0.05, 0.1) is 24.9 Å². The maximum Gasteiger partial charge on any atom is 0.227 e. The van der Waals surface area contributed by atoms with E-state index in [2.05, 4.69) is 15.3 Å². The van der Waals surface area contributed by atoms with E-state index in [1.54, 1.807) is 6.20 Å². The quantitative estimate of drug-likeness (QED) is 0.726. The van der Waals surface area contributed by atoms with E-state index in [1.807, 2.05) is 61.5 Å². The number of anilines is 1. The highest BCUT2D eigenvalue weighted by atomic mass is 16.5. The molecule has 3 aromatic rings. The molecule has 0 bridgehead atoms. The monoisotopic (exact) mass is 321 g/mol. The third-order valence-electron chi connectivity index (χ3n) is 3.50. The first kappa shape index (κ1) is 15.8. The average molecular weight is 321 g/mol. The van der Waals surface area contributed by atoms with E-state index in [9.17, 15) is 4.79 Å². The third kappa shape index (κ3) is 4.23. The summed E-state index contributed by atoms with van der Waals surface area (Å²) < 4.78 is 5.54. The van der Waals surface area contributed by atoms with Gasteiger partial charge in [0.1, 0.15) is 11.6 Å². The predicted octanol–water partition coefficient (Wildman–Crippen LogP) is 3.79. The molecule has 0 radical (unpaired) electrons.